The Bertz CT molecular complexity index is 1110. The highest BCUT2D eigenvalue weighted by Gasteiger charge is 2.09. The molecule has 2 heterocycles. The van der Waals surface area contributed by atoms with Gasteiger partial charge >= 0.3 is 0 Å². The van der Waals surface area contributed by atoms with Gasteiger partial charge in [0.05, 0.1) is 13.7 Å². The Morgan fingerprint density at radius 1 is 0.933 bits per heavy atom. The summed E-state index contributed by atoms with van der Waals surface area (Å²) < 4.78 is 11.2. The number of nitrogens with zero attached hydrogens (tertiary/aromatic N) is 1. The minimum absolute atomic E-state index is 0.649. The molecule has 0 aliphatic carbocycles. The van der Waals surface area contributed by atoms with Gasteiger partial charge < -0.3 is 19.8 Å². The Balaban J connectivity index is 1.43. The van der Waals surface area contributed by atoms with E-state index in [-0.39, 0.29) is 0 Å². The minimum atomic E-state index is 0.649. The van der Waals surface area contributed by atoms with Crippen LogP contribution in [0.15, 0.2) is 67.1 Å². The molecule has 0 saturated heterocycles. The smallest absolute Gasteiger partial charge is 0.124 e. The first-order valence-electron chi connectivity index (χ1n) is 10.3. The fraction of sp³-hybridized carbons (Fsp3) is 0.240. The number of anilines is 2. The lowest BCUT2D eigenvalue weighted by molar-refractivity contribution is 0.336. The predicted molar refractivity (Wildman–Crippen MR) is 122 cm³/mol. The van der Waals surface area contributed by atoms with Gasteiger partial charge in [0.2, 0.25) is 0 Å². The molecule has 0 aliphatic rings. The summed E-state index contributed by atoms with van der Waals surface area (Å²) in [6.45, 7) is 2.67. The predicted octanol–water partition coefficient (Wildman–Crippen LogP) is 5.89. The maximum absolute atomic E-state index is 5.93. The molecule has 0 aliphatic heterocycles. The van der Waals surface area contributed by atoms with Crippen LogP contribution in [0.1, 0.15) is 24.5 Å². The van der Waals surface area contributed by atoms with Crippen LogP contribution in [-0.4, -0.2) is 23.7 Å². The van der Waals surface area contributed by atoms with E-state index in [2.05, 4.69) is 45.7 Å². The van der Waals surface area contributed by atoms with E-state index >= 15 is 0 Å². The van der Waals surface area contributed by atoms with Crippen LogP contribution in [0.25, 0.3) is 10.9 Å². The van der Waals surface area contributed by atoms with Crippen LogP contribution in [0, 0.1) is 0 Å². The topological polar surface area (TPSA) is 59.2 Å². The van der Waals surface area contributed by atoms with Gasteiger partial charge in [0.25, 0.3) is 0 Å². The third kappa shape index (κ3) is 4.57. The Hall–Kier alpha value is -3.47. The highest BCUT2D eigenvalue weighted by atomic mass is 16.5. The summed E-state index contributed by atoms with van der Waals surface area (Å²) in [5.41, 5.74) is 5.71. The second kappa shape index (κ2) is 9.35. The third-order valence-corrected chi connectivity index (χ3v) is 5.20. The molecule has 0 unspecified atom stereocenters. The molecule has 0 fully saturated rings. The number of hydrogen-bond donors (Lipinski definition) is 2. The number of methoxy groups -OCH3 is 1. The molecular weight excluding hydrogens is 374 g/mol. The van der Waals surface area contributed by atoms with Crippen molar-refractivity contribution in [2.75, 3.05) is 19.0 Å². The summed E-state index contributed by atoms with van der Waals surface area (Å²) >= 11 is 0. The second-order valence-electron chi connectivity index (χ2n) is 7.20. The number of H-pyrrole nitrogens is 1. The molecule has 2 aromatic carbocycles. The van der Waals surface area contributed by atoms with Crippen molar-refractivity contribution in [1.82, 2.24) is 9.97 Å². The highest BCUT2D eigenvalue weighted by Crippen LogP contribution is 2.28. The van der Waals surface area contributed by atoms with E-state index in [1.807, 2.05) is 31.2 Å². The van der Waals surface area contributed by atoms with Crippen molar-refractivity contribution >= 4 is 22.3 Å². The first kappa shape index (κ1) is 19.8. The van der Waals surface area contributed by atoms with Gasteiger partial charge in [0.1, 0.15) is 11.5 Å². The van der Waals surface area contributed by atoms with Crippen molar-refractivity contribution in [3.05, 3.63) is 78.2 Å². The van der Waals surface area contributed by atoms with E-state index in [9.17, 15) is 0 Å². The largest absolute Gasteiger partial charge is 0.497 e. The molecule has 4 rings (SSSR count). The number of rotatable bonds is 9. The van der Waals surface area contributed by atoms with Crippen molar-refractivity contribution in [2.24, 2.45) is 0 Å². The van der Waals surface area contributed by atoms with Crippen molar-refractivity contribution in [3.63, 3.8) is 0 Å². The number of aromatic nitrogens is 2. The molecule has 4 aromatic rings. The van der Waals surface area contributed by atoms with E-state index < -0.39 is 0 Å². The van der Waals surface area contributed by atoms with Crippen molar-refractivity contribution < 1.29 is 9.47 Å². The zero-order chi connectivity index (χ0) is 20.8. The normalized spacial score (nSPS) is 10.9. The Morgan fingerprint density at radius 2 is 1.77 bits per heavy atom. The van der Waals surface area contributed by atoms with Crippen molar-refractivity contribution in [3.8, 4) is 11.5 Å². The number of benzene rings is 2. The number of aromatic amines is 1. The number of aryl methyl sites for hydroxylation is 2. The van der Waals surface area contributed by atoms with Crippen LogP contribution >= 0.6 is 0 Å². The lowest BCUT2D eigenvalue weighted by Gasteiger charge is -2.13. The molecule has 0 atom stereocenters. The summed E-state index contributed by atoms with van der Waals surface area (Å²) in [6, 6.07) is 16.4. The standard InChI is InChI=1S/C25H27N3O2/c1-3-30-25-15-21(28-20-11-13-26-14-12-20)8-7-18(25)5-4-6-19-17-27-24-16-22(29-2)9-10-23(19)24/h7-17,27H,3-6H2,1-2H3,(H,26,28). The zero-order valence-corrected chi connectivity index (χ0v) is 17.4. The lowest BCUT2D eigenvalue weighted by Crippen LogP contribution is -2.00. The molecule has 0 radical (unpaired) electrons. The fourth-order valence-electron chi connectivity index (χ4n) is 3.70. The van der Waals surface area contributed by atoms with Crippen LogP contribution in [0.3, 0.4) is 0 Å². The second-order valence-corrected chi connectivity index (χ2v) is 7.20. The first-order valence-corrected chi connectivity index (χ1v) is 10.3. The highest BCUT2D eigenvalue weighted by molar-refractivity contribution is 5.84. The molecule has 0 amide bonds. The van der Waals surface area contributed by atoms with Gasteiger partial charge in [-0.2, -0.15) is 0 Å². The van der Waals surface area contributed by atoms with E-state index in [0.29, 0.717) is 6.61 Å². The summed E-state index contributed by atoms with van der Waals surface area (Å²) in [5.74, 6) is 1.82. The maximum atomic E-state index is 5.93. The van der Waals surface area contributed by atoms with Gasteiger partial charge in [-0.25, -0.2) is 0 Å². The maximum Gasteiger partial charge on any atom is 0.124 e. The lowest BCUT2D eigenvalue weighted by atomic mass is 10.0. The SMILES string of the molecule is CCOc1cc(Nc2ccncc2)ccc1CCCc1c[nH]c2cc(OC)ccc12. The minimum Gasteiger partial charge on any atom is -0.497 e. The van der Waals surface area contributed by atoms with Crippen molar-refractivity contribution in [2.45, 2.75) is 26.2 Å². The monoisotopic (exact) mass is 401 g/mol. The van der Waals surface area contributed by atoms with E-state index in [1.165, 1.54) is 16.5 Å². The van der Waals surface area contributed by atoms with E-state index in [1.54, 1.807) is 19.5 Å². The Labute approximate surface area is 177 Å². The quantitative estimate of drug-likeness (QED) is 0.367. The molecule has 0 bridgehead atoms. The van der Waals surface area contributed by atoms with E-state index in [4.69, 9.17) is 9.47 Å². The molecule has 30 heavy (non-hydrogen) atoms. The van der Waals surface area contributed by atoms with Gasteiger partial charge in [0.15, 0.2) is 0 Å². The number of ether oxygens (including phenoxy) is 2. The van der Waals surface area contributed by atoms with Crippen LogP contribution < -0.4 is 14.8 Å². The van der Waals surface area contributed by atoms with Gasteiger partial charge in [0, 0.05) is 53.0 Å². The molecule has 2 N–H and O–H groups in total. The summed E-state index contributed by atoms with van der Waals surface area (Å²) in [5, 5.41) is 4.67. The van der Waals surface area contributed by atoms with Gasteiger partial charge in [-0.15, -0.1) is 0 Å². The molecule has 5 nitrogen and oxygen atoms in total. The average Bonchev–Trinajstić information content (AvgIpc) is 3.18. The third-order valence-electron chi connectivity index (χ3n) is 5.20. The van der Waals surface area contributed by atoms with Crippen molar-refractivity contribution in [1.29, 1.82) is 0 Å². The summed E-state index contributed by atoms with van der Waals surface area (Å²) in [6.07, 6.45) is 8.69. The van der Waals surface area contributed by atoms with Gasteiger partial charge in [-0.05, 0) is 67.6 Å². The van der Waals surface area contributed by atoms with Gasteiger partial charge in [-0.1, -0.05) is 6.07 Å². The number of hydrogen-bond acceptors (Lipinski definition) is 4. The van der Waals surface area contributed by atoms with E-state index in [0.717, 1.165) is 47.7 Å². The molecule has 0 spiro atoms. The Morgan fingerprint density at radius 3 is 2.57 bits per heavy atom. The average molecular weight is 402 g/mol. The number of fused-ring (bicyclic) bond motifs is 1. The van der Waals surface area contributed by atoms with Crippen LogP contribution in [0.5, 0.6) is 11.5 Å². The molecular formula is C25H27N3O2. The molecule has 154 valence electrons. The van der Waals surface area contributed by atoms with Crippen LogP contribution in [-0.2, 0) is 12.8 Å². The molecule has 0 saturated carbocycles. The number of pyridine rings is 1. The fourth-order valence-corrected chi connectivity index (χ4v) is 3.70. The first-order chi connectivity index (χ1) is 14.8. The van der Waals surface area contributed by atoms with Crippen LogP contribution in [0.2, 0.25) is 0 Å². The van der Waals surface area contributed by atoms with Gasteiger partial charge in [-0.3, -0.25) is 4.98 Å². The Kier molecular flexibility index (Phi) is 6.18. The molecule has 2 aromatic heterocycles. The number of nitrogens with one attached hydrogen (secondary N) is 2. The van der Waals surface area contributed by atoms with Crippen LogP contribution in [0.4, 0.5) is 11.4 Å². The molecule has 5 heteroatoms. The summed E-state index contributed by atoms with van der Waals surface area (Å²) in [4.78, 5) is 7.41. The summed E-state index contributed by atoms with van der Waals surface area (Å²) in [7, 11) is 1.69. The zero-order valence-electron chi connectivity index (χ0n) is 17.4.